The van der Waals surface area contributed by atoms with E-state index in [0.717, 1.165) is 5.56 Å². The number of ether oxygens (including phenoxy) is 4. The predicted octanol–water partition coefficient (Wildman–Crippen LogP) is 3.27. The Morgan fingerprint density at radius 1 is 1.00 bits per heavy atom. The Kier molecular flexibility index (Phi) is 8.75. The molecular formula is C19H24ClNO5. The van der Waals surface area contributed by atoms with Gasteiger partial charge in [0.1, 0.15) is 12.4 Å². The Balaban J connectivity index is 0.00000338. The quantitative estimate of drug-likeness (QED) is 0.707. The summed E-state index contributed by atoms with van der Waals surface area (Å²) >= 11 is 0. The van der Waals surface area contributed by atoms with Gasteiger partial charge in [0.05, 0.1) is 27.8 Å². The Morgan fingerprint density at radius 3 is 2.19 bits per heavy atom. The highest BCUT2D eigenvalue weighted by atomic mass is 35.5. The lowest BCUT2D eigenvalue weighted by Crippen LogP contribution is -2.17. The molecule has 0 aliphatic rings. The van der Waals surface area contributed by atoms with Crippen LogP contribution in [0.3, 0.4) is 0 Å². The van der Waals surface area contributed by atoms with Gasteiger partial charge < -0.3 is 24.7 Å². The van der Waals surface area contributed by atoms with Gasteiger partial charge in [-0.3, -0.25) is 4.79 Å². The Labute approximate surface area is 159 Å². The van der Waals surface area contributed by atoms with Gasteiger partial charge in [-0.25, -0.2) is 0 Å². The van der Waals surface area contributed by atoms with Crippen LogP contribution in [0.15, 0.2) is 42.5 Å². The standard InChI is InChI=1S/C19H23NO5.ClH/c1-22-17-9-14(15(20)10-19(21)24-3)16(11-18(17)23-2)25-12-13-7-5-4-6-8-13;/h4-9,11,15H,10,12,20H2,1-3H3;1H/t15-;/m0./s1. The molecule has 6 nitrogen and oxygen atoms in total. The maximum Gasteiger partial charge on any atom is 0.307 e. The van der Waals surface area contributed by atoms with E-state index in [1.54, 1.807) is 19.2 Å². The molecule has 1 atom stereocenters. The molecule has 2 rings (SSSR count). The summed E-state index contributed by atoms with van der Waals surface area (Å²) in [7, 11) is 4.42. The van der Waals surface area contributed by atoms with Crippen LogP contribution < -0.4 is 19.9 Å². The first-order valence-corrected chi connectivity index (χ1v) is 7.84. The Hall–Kier alpha value is -2.44. The molecule has 0 bridgehead atoms. The molecular weight excluding hydrogens is 358 g/mol. The van der Waals surface area contributed by atoms with Gasteiger partial charge in [0.2, 0.25) is 0 Å². The van der Waals surface area contributed by atoms with Crippen molar-refractivity contribution in [2.75, 3.05) is 21.3 Å². The maximum atomic E-state index is 11.6. The van der Waals surface area contributed by atoms with E-state index in [1.807, 2.05) is 30.3 Å². The van der Waals surface area contributed by atoms with Gasteiger partial charge in [0.15, 0.2) is 11.5 Å². The number of nitrogens with two attached hydrogens (primary N) is 1. The molecule has 0 heterocycles. The average Bonchev–Trinajstić information content (AvgIpc) is 2.66. The normalized spacial score (nSPS) is 11.1. The summed E-state index contributed by atoms with van der Waals surface area (Å²) in [6, 6.07) is 12.6. The third-order valence-corrected chi connectivity index (χ3v) is 3.77. The van der Waals surface area contributed by atoms with Gasteiger partial charge in [-0.2, -0.15) is 0 Å². The molecule has 2 aromatic rings. The lowest BCUT2D eigenvalue weighted by Gasteiger charge is -2.19. The number of rotatable bonds is 8. The van der Waals surface area contributed by atoms with Crippen LogP contribution in [0.4, 0.5) is 0 Å². The van der Waals surface area contributed by atoms with E-state index in [4.69, 9.17) is 24.7 Å². The van der Waals surface area contributed by atoms with Gasteiger partial charge in [-0.05, 0) is 11.6 Å². The van der Waals surface area contributed by atoms with Crippen molar-refractivity contribution < 1.29 is 23.7 Å². The summed E-state index contributed by atoms with van der Waals surface area (Å²) in [5.74, 6) is 1.19. The minimum Gasteiger partial charge on any atom is -0.493 e. The molecule has 0 aliphatic carbocycles. The van der Waals surface area contributed by atoms with Crippen LogP contribution in [0.2, 0.25) is 0 Å². The van der Waals surface area contributed by atoms with E-state index in [1.165, 1.54) is 14.2 Å². The van der Waals surface area contributed by atoms with Crippen molar-refractivity contribution in [1.82, 2.24) is 0 Å². The van der Waals surface area contributed by atoms with Crippen LogP contribution in [-0.4, -0.2) is 27.3 Å². The Morgan fingerprint density at radius 2 is 1.62 bits per heavy atom. The van der Waals surface area contributed by atoms with Crippen molar-refractivity contribution in [1.29, 1.82) is 0 Å². The highest BCUT2D eigenvalue weighted by Crippen LogP contribution is 2.38. The summed E-state index contributed by atoms with van der Waals surface area (Å²) in [5.41, 5.74) is 7.85. The van der Waals surface area contributed by atoms with E-state index in [2.05, 4.69) is 0 Å². The smallest absolute Gasteiger partial charge is 0.307 e. The third-order valence-electron chi connectivity index (χ3n) is 3.77. The van der Waals surface area contributed by atoms with Crippen molar-refractivity contribution in [3.05, 3.63) is 53.6 Å². The maximum absolute atomic E-state index is 11.6. The SMILES string of the molecule is COC(=O)C[C@H](N)c1cc(OC)c(OC)cc1OCc1ccccc1.Cl. The number of hydrogen-bond donors (Lipinski definition) is 1. The molecule has 0 aliphatic heterocycles. The molecule has 26 heavy (non-hydrogen) atoms. The summed E-state index contributed by atoms with van der Waals surface area (Å²) in [5, 5.41) is 0. The van der Waals surface area contributed by atoms with Gasteiger partial charge in [0, 0.05) is 17.7 Å². The first-order chi connectivity index (χ1) is 12.1. The van der Waals surface area contributed by atoms with Crippen molar-refractivity contribution in [2.24, 2.45) is 5.73 Å². The predicted molar refractivity (Wildman–Crippen MR) is 101 cm³/mol. The van der Waals surface area contributed by atoms with Crippen molar-refractivity contribution in [3.63, 3.8) is 0 Å². The first kappa shape index (κ1) is 21.6. The van der Waals surface area contributed by atoms with Crippen molar-refractivity contribution in [2.45, 2.75) is 19.1 Å². The number of methoxy groups -OCH3 is 3. The van der Waals surface area contributed by atoms with Crippen LogP contribution in [0, 0.1) is 0 Å². The van der Waals surface area contributed by atoms with E-state index < -0.39 is 12.0 Å². The second-order valence-corrected chi connectivity index (χ2v) is 5.41. The zero-order chi connectivity index (χ0) is 18.2. The summed E-state index contributed by atoms with van der Waals surface area (Å²) in [4.78, 5) is 11.6. The van der Waals surface area contributed by atoms with Gasteiger partial charge in [-0.1, -0.05) is 30.3 Å². The monoisotopic (exact) mass is 381 g/mol. The van der Waals surface area contributed by atoms with Crippen LogP contribution in [-0.2, 0) is 16.1 Å². The first-order valence-electron chi connectivity index (χ1n) is 7.84. The number of carbonyl (C=O) groups is 1. The fourth-order valence-electron chi connectivity index (χ4n) is 2.40. The molecule has 0 radical (unpaired) electrons. The molecule has 7 heteroatoms. The molecule has 2 N–H and O–H groups in total. The van der Waals surface area contributed by atoms with Gasteiger partial charge in [-0.15, -0.1) is 12.4 Å². The molecule has 142 valence electrons. The minimum atomic E-state index is -0.585. The highest BCUT2D eigenvalue weighted by molar-refractivity contribution is 5.85. The minimum absolute atomic E-state index is 0. The van der Waals surface area contributed by atoms with E-state index >= 15 is 0 Å². The second-order valence-electron chi connectivity index (χ2n) is 5.41. The molecule has 0 unspecified atom stereocenters. The Bertz CT molecular complexity index is 709. The number of halogens is 1. The number of carbonyl (C=O) groups excluding carboxylic acids is 1. The molecule has 0 aromatic heterocycles. The van der Waals surface area contributed by atoms with Crippen LogP contribution in [0.25, 0.3) is 0 Å². The average molecular weight is 382 g/mol. The molecule has 0 saturated carbocycles. The van der Waals surface area contributed by atoms with E-state index in [9.17, 15) is 4.79 Å². The summed E-state index contributed by atoms with van der Waals surface area (Å²) in [6.07, 6.45) is 0.0354. The van der Waals surface area contributed by atoms with Crippen LogP contribution in [0.1, 0.15) is 23.6 Å². The van der Waals surface area contributed by atoms with Crippen molar-refractivity contribution >= 4 is 18.4 Å². The highest BCUT2D eigenvalue weighted by Gasteiger charge is 2.20. The van der Waals surface area contributed by atoms with E-state index in [-0.39, 0.29) is 18.8 Å². The van der Waals surface area contributed by atoms with Crippen LogP contribution in [0.5, 0.6) is 17.2 Å². The van der Waals surface area contributed by atoms with Crippen LogP contribution >= 0.6 is 12.4 Å². The topological polar surface area (TPSA) is 80.0 Å². The zero-order valence-corrected chi connectivity index (χ0v) is 15.9. The molecule has 0 amide bonds. The van der Waals surface area contributed by atoms with E-state index in [0.29, 0.717) is 29.4 Å². The zero-order valence-electron chi connectivity index (χ0n) is 15.1. The molecule has 0 fully saturated rings. The third kappa shape index (κ3) is 5.54. The number of esters is 1. The van der Waals surface area contributed by atoms with Gasteiger partial charge in [0.25, 0.3) is 0 Å². The van der Waals surface area contributed by atoms with Crippen molar-refractivity contribution in [3.8, 4) is 17.2 Å². The second kappa shape index (κ2) is 10.5. The largest absolute Gasteiger partial charge is 0.493 e. The number of benzene rings is 2. The summed E-state index contributed by atoms with van der Waals surface area (Å²) in [6.45, 7) is 0.369. The fourth-order valence-corrected chi connectivity index (χ4v) is 2.40. The lowest BCUT2D eigenvalue weighted by atomic mass is 10.0. The fraction of sp³-hybridized carbons (Fsp3) is 0.316. The molecule has 0 spiro atoms. The molecule has 0 saturated heterocycles. The summed E-state index contributed by atoms with van der Waals surface area (Å²) < 4.78 is 21.3. The number of hydrogen-bond acceptors (Lipinski definition) is 6. The lowest BCUT2D eigenvalue weighted by molar-refractivity contribution is -0.141. The molecule has 2 aromatic carbocycles. The van der Waals surface area contributed by atoms with Gasteiger partial charge >= 0.3 is 5.97 Å².